The van der Waals surface area contributed by atoms with Crippen molar-refractivity contribution in [3.63, 3.8) is 0 Å². The predicted molar refractivity (Wildman–Crippen MR) is 74.2 cm³/mol. The first-order valence-corrected chi connectivity index (χ1v) is 7.89. The van der Waals surface area contributed by atoms with Gasteiger partial charge in [0.1, 0.15) is 9.77 Å². The molecule has 20 heavy (non-hydrogen) atoms. The van der Waals surface area contributed by atoms with E-state index in [9.17, 15) is 13.2 Å². The maximum atomic E-state index is 12.2. The number of nitriles is 1. The molecule has 0 radical (unpaired) electrons. The number of carbonyl (C=O) groups is 1. The summed E-state index contributed by atoms with van der Waals surface area (Å²) in [5.41, 5.74) is 0. The monoisotopic (exact) mass is 310 g/mol. The Hall–Kier alpha value is -1.95. The summed E-state index contributed by atoms with van der Waals surface area (Å²) in [4.78, 5) is 10.8. The van der Waals surface area contributed by atoms with E-state index >= 15 is 0 Å². The number of carboxylic acids is 1. The maximum absolute atomic E-state index is 12.2. The number of sulfonamides is 1. The molecule has 0 bridgehead atoms. The van der Waals surface area contributed by atoms with Crippen LogP contribution in [0.25, 0.3) is 10.1 Å². The van der Waals surface area contributed by atoms with Crippen LogP contribution in [0.2, 0.25) is 0 Å². The Balaban J connectivity index is 2.60. The largest absolute Gasteiger partial charge is 0.477 e. The van der Waals surface area contributed by atoms with Crippen LogP contribution in [0, 0.1) is 11.3 Å². The summed E-state index contributed by atoms with van der Waals surface area (Å²) < 4.78 is 27.3. The fraction of sp³-hybridized carbons (Fsp3) is 0.167. The molecule has 0 fully saturated rings. The van der Waals surface area contributed by atoms with E-state index in [1.807, 2.05) is 6.07 Å². The molecule has 6 nitrogen and oxygen atoms in total. The molecule has 2 aromatic rings. The average molecular weight is 310 g/mol. The van der Waals surface area contributed by atoms with Crippen molar-refractivity contribution >= 4 is 37.4 Å². The average Bonchev–Trinajstić information content (AvgIpc) is 2.79. The van der Waals surface area contributed by atoms with E-state index in [2.05, 4.69) is 4.72 Å². The molecule has 2 N–H and O–H groups in total. The van der Waals surface area contributed by atoms with E-state index in [1.165, 1.54) is 0 Å². The second kappa shape index (κ2) is 5.58. The summed E-state index contributed by atoms with van der Waals surface area (Å²) in [7, 11) is -3.96. The second-order valence-corrected chi connectivity index (χ2v) is 6.62. The van der Waals surface area contributed by atoms with Crippen LogP contribution in [0.15, 0.2) is 29.2 Å². The Kier molecular flexibility index (Phi) is 4.04. The number of thiophene rings is 1. The van der Waals surface area contributed by atoms with Gasteiger partial charge in [0, 0.05) is 23.1 Å². The van der Waals surface area contributed by atoms with Crippen LogP contribution in [0.3, 0.4) is 0 Å². The Morgan fingerprint density at radius 1 is 1.40 bits per heavy atom. The van der Waals surface area contributed by atoms with Crippen LogP contribution in [0.1, 0.15) is 16.1 Å². The van der Waals surface area contributed by atoms with Crippen LogP contribution in [-0.4, -0.2) is 26.0 Å². The molecule has 8 heteroatoms. The van der Waals surface area contributed by atoms with Gasteiger partial charge in [-0.15, -0.1) is 11.3 Å². The zero-order chi connectivity index (χ0) is 14.8. The normalized spacial score (nSPS) is 11.3. The number of benzene rings is 1. The standard InChI is InChI=1S/C12H10N2O4S2/c13-6-3-7-14-20(17,18)11-8-4-1-2-5-9(8)19-10(11)12(15)16/h1-2,4-5,14H,3,7H2,(H,15,16). The highest BCUT2D eigenvalue weighted by Crippen LogP contribution is 2.34. The van der Waals surface area contributed by atoms with E-state index in [1.54, 1.807) is 24.3 Å². The first-order chi connectivity index (χ1) is 9.47. The molecule has 0 aliphatic rings. The number of aromatic carboxylic acids is 1. The van der Waals surface area contributed by atoms with Crippen molar-refractivity contribution in [2.24, 2.45) is 0 Å². The molecule has 0 aliphatic carbocycles. The van der Waals surface area contributed by atoms with Gasteiger partial charge >= 0.3 is 5.97 Å². The number of fused-ring (bicyclic) bond motifs is 1. The van der Waals surface area contributed by atoms with Gasteiger partial charge in [0.25, 0.3) is 0 Å². The van der Waals surface area contributed by atoms with Crippen LogP contribution in [0.4, 0.5) is 0 Å². The first kappa shape index (κ1) is 14.5. The maximum Gasteiger partial charge on any atom is 0.347 e. The number of hydrogen-bond donors (Lipinski definition) is 2. The molecule has 1 aromatic carbocycles. The summed E-state index contributed by atoms with van der Waals surface area (Å²) in [5.74, 6) is -1.29. The predicted octanol–water partition coefficient (Wildman–Crippen LogP) is 1.79. The van der Waals surface area contributed by atoms with Gasteiger partial charge in [-0.3, -0.25) is 0 Å². The molecule has 0 unspecified atom stereocenters. The third-order valence-corrected chi connectivity index (χ3v) is 5.38. The summed E-state index contributed by atoms with van der Waals surface area (Å²) in [5, 5.41) is 18.0. The lowest BCUT2D eigenvalue weighted by Crippen LogP contribution is -2.25. The van der Waals surface area contributed by atoms with Crippen molar-refractivity contribution in [3.05, 3.63) is 29.1 Å². The summed E-state index contributed by atoms with van der Waals surface area (Å²) in [6.45, 7) is -0.0535. The molecule has 1 aromatic heterocycles. The van der Waals surface area contributed by atoms with Crippen LogP contribution in [-0.2, 0) is 10.0 Å². The van der Waals surface area contributed by atoms with E-state index < -0.39 is 16.0 Å². The Morgan fingerprint density at radius 2 is 2.10 bits per heavy atom. The summed E-state index contributed by atoms with van der Waals surface area (Å²) in [6.07, 6.45) is 0.0176. The zero-order valence-electron chi connectivity index (χ0n) is 10.2. The molecular formula is C12H10N2O4S2. The minimum absolute atomic E-state index is 0.0176. The van der Waals surface area contributed by atoms with Crippen molar-refractivity contribution in [3.8, 4) is 6.07 Å². The van der Waals surface area contributed by atoms with Crippen molar-refractivity contribution in [2.75, 3.05) is 6.54 Å². The molecule has 2 rings (SSSR count). The molecule has 0 spiro atoms. The van der Waals surface area contributed by atoms with Gasteiger partial charge < -0.3 is 5.11 Å². The van der Waals surface area contributed by atoms with Crippen LogP contribution < -0.4 is 4.72 Å². The molecule has 0 aliphatic heterocycles. The lowest BCUT2D eigenvalue weighted by Gasteiger charge is -2.05. The first-order valence-electron chi connectivity index (χ1n) is 5.59. The second-order valence-electron chi connectivity index (χ2n) is 3.87. The molecule has 0 atom stereocenters. The fourth-order valence-electron chi connectivity index (χ4n) is 1.74. The smallest absolute Gasteiger partial charge is 0.347 e. The number of rotatable bonds is 5. The van der Waals surface area contributed by atoms with Gasteiger partial charge in [-0.1, -0.05) is 18.2 Å². The Labute approximate surface area is 119 Å². The van der Waals surface area contributed by atoms with Crippen molar-refractivity contribution in [2.45, 2.75) is 11.3 Å². The van der Waals surface area contributed by atoms with E-state index in [4.69, 9.17) is 10.4 Å². The highest BCUT2D eigenvalue weighted by molar-refractivity contribution is 7.90. The van der Waals surface area contributed by atoms with Crippen molar-refractivity contribution in [1.82, 2.24) is 4.72 Å². The quantitative estimate of drug-likeness (QED) is 0.819. The topological polar surface area (TPSA) is 107 Å². The van der Waals surface area contributed by atoms with Crippen LogP contribution >= 0.6 is 11.3 Å². The molecule has 104 valence electrons. The van der Waals surface area contributed by atoms with Gasteiger partial charge in [-0.05, 0) is 6.07 Å². The summed E-state index contributed by atoms with van der Waals surface area (Å²) in [6, 6.07) is 8.41. The molecule has 1 heterocycles. The zero-order valence-corrected chi connectivity index (χ0v) is 11.8. The molecule has 0 saturated heterocycles. The van der Waals surface area contributed by atoms with E-state index in [0.717, 1.165) is 11.3 Å². The lowest BCUT2D eigenvalue weighted by molar-refractivity contribution is 0.0698. The van der Waals surface area contributed by atoms with Gasteiger partial charge in [0.05, 0.1) is 6.07 Å². The Morgan fingerprint density at radius 3 is 2.75 bits per heavy atom. The van der Waals surface area contributed by atoms with Gasteiger partial charge in [0.2, 0.25) is 10.0 Å². The highest BCUT2D eigenvalue weighted by atomic mass is 32.2. The fourth-order valence-corrected chi connectivity index (χ4v) is 4.51. The lowest BCUT2D eigenvalue weighted by atomic mass is 10.2. The number of hydrogen-bond acceptors (Lipinski definition) is 5. The van der Waals surface area contributed by atoms with Crippen molar-refractivity contribution in [1.29, 1.82) is 5.26 Å². The third kappa shape index (κ3) is 2.65. The minimum atomic E-state index is -3.96. The molecule has 0 amide bonds. The number of nitrogens with zero attached hydrogens (tertiary/aromatic N) is 1. The van der Waals surface area contributed by atoms with Crippen molar-refractivity contribution < 1.29 is 18.3 Å². The molecular weight excluding hydrogens is 300 g/mol. The van der Waals surface area contributed by atoms with E-state index in [-0.39, 0.29) is 22.7 Å². The van der Waals surface area contributed by atoms with Gasteiger partial charge in [-0.2, -0.15) is 5.26 Å². The summed E-state index contributed by atoms with van der Waals surface area (Å²) >= 11 is 0.914. The SMILES string of the molecule is N#CCCNS(=O)(=O)c1c(C(=O)O)sc2ccccc12. The van der Waals surface area contributed by atoms with Gasteiger partial charge in [0.15, 0.2) is 0 Å². The Bertz CT molecular complexity index is 802. The van der Waals surface area contributed by atoms with Crippen LogP contribution in [0.5, 0.6) is 0 Å². The van der Waals surface area contributed by atoms with E-state index in [0.29, 0.717) is 10.1 Å². The van der Waals surface area contributed by atoms with Gasteiger partial charge in [-0.25, -0.2) is 17.9 Å². The molecule has 0 saturated carbocycles. The minimum Gasteiger partial charge on any atom is -0.477 e. The third-order valence-electron chi connectivity index (χ3n) is 2.54. The number of nitrogens with one attached hydrogen (secondary N) is 1. The highest BCUT2D eigenvalue weighted by Gasteiger charge is 2.27. The number of carboxylic acid groups (broad SMARTS) is 1.